The molecule has 21 heavy (non-hydrogen) atoms. The first kappa shape index (κ1) is 14.7. The molecule has 0 bridgehead atoms. The molecule has 106 valence electrons. The average Bonchev–Trinajstić information content (AvgIpc) is 2.51. The zero-order valence-electron chi connectivity index (χ0n) is 11.5. The predicted octanol–water partition coefficient (Wildman–Crippen LogP) is 3.40. The van der Waals surface area contributed by atoms with Gasteiger partial charge < -0.3 is 5.21 Å². The van der Waals surface area contributed by atoms with Crippen molar-refractivity contribution in [2.75, 3.05) is 0 Å². The Morgan fingerprint density at radius 1 is 1.19 bits per heavy atom. The van der Waals surface area contributed by atoms with E-state index in [0.717, 1.165) is 25.5 Å². The van der Waals surface area contributed by atoms with Crippen LogP contribution in [0.1, 0.15) is 29.8 Å². The van der Waals surface area contributed by atoms with Crippen LogP contribution in [0.3, 0.4) is 0 Å². The topological polar surface area (TPSA) is 45.5 Å². The van der Waals surface area contributed by atoms with Gasteiger partial charge in [-0.2, -0.15) is 0 Å². The molecule has 0 aliphatic carbocycles. The maximum atomic E-state index is 13.3. The van der Waals surface area contributed by atoms with Crippen LogP contribution in [0.2, 0.25) is 0 Å². The van der Waals surface area contributed by atoms with E-state index in [9.17, 15) is 4.39 Å². The lowest BCUT2D eigenvalue weighted by Gasteiger charge is -1.97. The first-order chi connectivity index (χ1) is 10.3. The molecule has 4 heteroatoms. The van der Waals surface area contributed by atoms with Crippen molar-refractivity contribution in [3.05, 3.63) is 65.2 Å². The Morgan fingerprint density at radius 3 is 2.76 bits per heavy atom. The summed E-state index contributed by atoms with van der Waals surface area (Å²) < 4.78 is 13.3. The highest BCUT2D eigenvalue weighted by molar-refractivity contribution is 5.76. The summed E-state index contributed by atoms with van der Waals surface area (Å²) in [6.45, 7) is 0. The number of pyridine rings is 1. The summed E-state index contributed by atoms with van der Waals surface area (Å²) in [5.74, 6) is 5.37. The van der Waals surface area contributed by atoms with Crippen molar-refractivity contribution in [2.24, 2.45) is 5.16 Å². The molecule has 0 aliphatic rings. The van der Waals surface area contributed by atoms with Crippen LogP contribution in [0.5, 0.6) is 0 Å². The number of hydrogen-bond donors (Lipinski definition) is 1. The zero-order valence-corrected chi connectivity index (χ0v) is 11.5. The number of oxime groups is 1. The number of aryl methyl sites for hydroxylation is 1. The lowest BCUT2D eigenvalue weighted by Crippen LogP contribution is -1.95. The van der Waals surface area contributed by atoms with Gasteiger partial charge in [-0.05, 0) is 36.5 Å². The summed E-state index contributed by atoms with van der Waals surface area (Å²) in [6, 6.07) is 13.0. The third kappa shape index (κ3) is 4.73. The Morgan fingerprint density at radius 2 is 2.00 bits per heavy atom. The van der Waals surface area contributed by atoms with Gasteiger partial charge in [-0.15, -0.1) is 0 Å². The highest BCUT2D eigenvalue weighted by Crippen LogP contribution is 2.05. The highest BCUT2D eigenvalue weighted by atomic mass is 19.1. The second kappa shape index (κ2) is 7.81. The van der Waals surface area contributed by atoms with Gasteiger partial charge in [0.2, 0.25) is 0 Å². The molecule has 0 aliphatic heterocycles. The maximum absolute atomic E-state index is 13.3. The van der Waals surface area contributed by atoms with Crippen molar-refractivity contribution in [2.45, 2.75) is 19.3 Å². The quantitative estimate of drug-likeness (QED) is 0.307. The van der Waals surface area contributed by atoms with E-state index in [-0.39, 0.29) is 5.69 Å². The Labute approximate surface area is 123 Å². The fourth-order valence-corrected chi connectivity index (χ4v) is 1.85. The first-order valence-electron chi connectivity index (χ1n) is 6.66. The molecule has 0 saturated carbocycles. The van der Waals surface area contributed by atoms with E-state index in [0.29, 0.717) is 5.69 Å². The number of benzene rings is 1. The van der Waals surface area contributed by atoms with Crippen molar-refractivity contribution in [1.29, 1.82) is 0 Å². The molecule has 1 heterocycles. The fraction of sp³-hybridized carbons (Fsp3) is 0.176. The molecule has 0 saturated heterocycles. The van der Waals surface area contributed by atoms with Crippen LogP contribution in [0.4, 0.5) is 4.39 Å². The zero-order chi connectivity index (χ0) is 14.9. The Kier molecular flexibility index (Phi) is 5.48. The van der Waals surface area contributed by atoms with Crippen LogP contribution < -0.4 is 0 Å². The van der Waals surface area contributed by atoms with Gasteiger partial charge in [-0.1, -0.05) is 41.4 Å². The third-order valence-electron chi connectivity index (χ3n) is 2.88. The second-order valence-electron chi connectivity index (χ2n) is 4.45. The van der Waals surface area contributed by atoms with Crippen LogP contribution in [0.15, 0.2) is 47.6 Å². The van der Waals surface area contributed by atoms with Gasteiger partial charge in [0.1, 0.15) is 11.4 Å². The van der Waals surface area contributed by atoms with Gasteiger partial charge >= 0.3 is 0 Å². The average molecular weight is 282 g/mol. The van der Waals surface area contributed by atoms with Crippen LogP contribution in [0, 0.1) is 17.7 Å². The molecule has 0 atom stereocenters. The SMILES string of the molecule is O/N=C/c1nc(C#CCCCc2ccccc2)ccc1F. The van der Waals surface area contributed by atoms with E-state index in [1.165, 1.54) is 17.7 Å². The van der Waals surface area contributed by atoms with E-state index in [1.807, 2.05) is 18.2 Å². The molecule has 2 rings (SSSR count). The molecule has 1 N–H and O–H groups in total. The van der Waals surface area contributed by atoms with E-state index in [4.69, 9.17) is 5.21 Å². The Hall–Kier alpha value is -2.67. The number of nitrogens with zero attached hydrogens (tertiary/aromatic N) is 2. The molecular formula is C17H15FN2O. The van der Waals surface area contributed by atoms with Crippen LogP contribution in [-0.2, 0) is 6.42 Å². The number of halogens is 1. The molecule has 1 aromatic carbocycles. The predicted molar refractivity (Wildman–Crippen MR) is 79.8 cm³/mol. The van der Waals surface area contributed by atoms with E-state index >= 15 is 0 Å². The van der Waals surface area contributed by atoms with Gasteiger partial charge in [0, 0.05) is 6.42 Å². The van der Waals surface area contributed by atoms with Gasteiger partial charge in [0.15, 0.2) is 5.82 Å². The fourth-order valence-electron chi connectivity index (χ4n) is 1.85. The molecule has 3 nitrogen and oxygen atoms in total. The van der Waals surface area contributed by atoms with Crippen LogP contribution in [-0.4, -0.2) is 16.4 Å². The van der Waals surface area contributed by atoms with Crippen molar-refractivity contribution in [1.82, 2.24) is 4.98 Å². The maximum Gasteiger partial charge on any atom is 0.150 e. The number of hydrogen-bond acceptors (Lipinski definition) is 3. The number of aromatic nitrogens is 1. The minimum absolute atomic E-state index is 0.0198. The molecule has 0 fully saturated rings. The van der Waals surface area contributed by atoms with Gasteiger partial charge in [-0.25, -0.2) is 9.37 Å². The monoisotopic (exact) mass is 282 g/mol. The highest BCUT2D eigenvalue weighted by Gasteiger charge is 2.01. The molecule has 0 radical (unpaired) electrons. The largest absolute Gasteiger partial charge is 0.411 e. The van der Waals surface area contributed by atoms with E-state index in [1.54, 1.807) is 0 Å². The molecule has 0 unspecified atom stereocenters. The summed E-state index contributed by atoms with van der Waals surface area (Å²) in [6.07, 6.45) is 3.64. The number of rotatable bonds is 4. The molecule has 0 amide bonds. The van der Waals surface area contributed by atoms with E-state index in [2.05, 4.69) is 34.1 Å². The molecule has 0 spiro atoms. The summed E-state index contributed by atoms with van der Waals surface area (Å²) in [5, 5.41) is 11.2. The smallest absolute Gasteiger partial charge is 0.150 e. The normalized spacial score (nSPS) is 10.3. The van der Waals surface area contributed by atoms with Crippen LogP contribution >= 0.6 is 0 Å². The first-order valence-corrected chi connectivity index (χ1v) is 6.66. The Bertz CT molecular complexity index is 672. The number of unbranched alkanes of at least 4 members (excludes halogenated alkanes) is 1. The van der Waals surface area contributed by atoms with Crippen molar-refractivity contribution < 1.29 is 9.60 Å². The van der Waals surface area contributed by atoms with Crippen molar-refractivity contribution in [3.8, 4) is 11.8 Å². The summed E-state index contributed by atoms with van der Waals surface area (Å²) in [4.78, 5) is 3.96. The summed E-state index contributed by atoms with van der Waals surface area (Å²) >= 11 is 0. The third-order valence-corrected chi connectivity index (χ3v) is 2.88. The summed E-state index contributed by atoms with van der Waals surface area (Å²) in [5.41, 5.74) is 1.74. The van der Waals surface area contributed by atoms with E-state index < -0.39 is 5.82 Å². The standard InChI is InChI=1S/C17H15FN2O/c18-16-12-11-15(20-17(16)13-19-21)10-6-2-5-9-14-7-3-1-4-8-14/h1,3-4,7-8,11-13,21H,2,5,9H2/b19-13+. The van der Waals surface area contributed by atoms with Gasteiger partial charge in [0.05, 0.1) is 6.21 Å². The van der Waals surface area contributed by atoms with Crippen LogP contribution in [0.25, 0.3) is 0 Å². The molecule has 1 aromatic heterocycles. The van der Waals surface area contributed by atoms with Gasteiger partial charge in [0.25, 0.3) is 0 Å². The second-order valence-corrected chi connectivity index (χ2v) is 4.45. The minimum Gasteiger partial charge on any atom is -0.411 e. The van der Waals surface area contributed by atoms with Crippen molar-refractivity contribution in [3.63, 3.8) is 0 Å². The minimum atomic E-state index is -0.539. The lowest BCUT2D eigenvalue weighted by atomic mass is 10.1. The van der Waals surface area contributed by atoms with Gasteiger partial charge in [-0.3, -0.25) is 0 Å². The molecule has 2 aromatic rings. The lowest BCUT2D eigenvalue weighted by molar-refractivity contribution is 0.321. The van der Waals surface area contributed by atoms with Crippen molar-refractivity contribution >= 4 is 6.21 Å². The molecular weight excluding hydrogens is 267 g/mol. The summed E-state index contributed by atoms with van der Waals surface area (Å²) in [7, 11) is 0. The Balaban J connectivity index is 1.89.